The number of nitrogens with zero attached hydrogens (tertiary/aromatic N) is 2. The maximum absolute atomic E-state index is 10.6. The molecule has 2 rings (SSSR count). The topological polar surface area (TPSA) is 43.8 Å². The van der Waals surface area contributed by atoms with Gasteiger partial charge in [0, 0.05) is 32.7 Å². The maximum atomic E-state index is 10.6. The van der Waals surface area contributed by atoms with Gasteiger partial charge in [-0.1, -0.05) is 30.3 Å². The molecule has 0 saturated carbocycles. The number of rotatable bonds is 4. The van der Waals surface area contributed by atoms with Crippen LogP contribution in [0.15, 0.2) is 30.3 Å². The molecule has 1 heterocycles. The van der Waals surface area contributed by atoms with Crippen LogP contribution < -0.4 is 0 Å². The first-order valence-electron chi connectivity index (χ1n) is 5.94. The van der Waals surface area contributed by atoms with Crippen LogP contribution in [0.1, 0.15) is 11.7 Å². The Balaban J connectivity index is 1.84. The smallest absolute Gasteiger partial charge is 0.209 e. The van der Waals surface area contributed by atoms with Gasteiger partial charge >= 0.3 is 0 Å². The molecule has 0 aromatic heterocycles. The van der Waals surface area contributed by atoms with Crippen LogP contribution in [-0.2, 0) is 4.79 Å². The number of benzene rings is 1. The summed E-state index contributed by atoms with van der Waals surface area (Å²) in [5.74, 6) is 0. The predicted octanol–water partition coefficient (Wildman–Crippen LogP) is 0.494. The lowest BCUT2D eigenvalue weighted by Crippen LogP contribution is -2.46. The summed E-state index contributed by atoms with van der Waals surface area (Å²) in [5.41, 5.74) is 0.949. The highest BCUT2D eigenvalue weighted by Gasteiger charge is 2.18. The van der Waals surface area contributed by atoms with Crippen LogP contribution in [0.2, 0.25) is 0 Å². The predicted molar refractivity (Wildman–Crippen MR) is 65.5 cm³/mol. The number of β-amino-alcohol motifs (C(OH)–C–C–N with tert-alkyl or cyclic N) is 1. The van der Waals surface area contributed by atoms with Crippen molar-refractivity contribution in [2.45, 2.75) is 6.10 Å². The first-order valence-corrected chi connectivity index (χ1v) is 5.94. The van der Waals surface area contributed by atoms with Gasteiger partial charge in [0.05, 0.1) is 6.10 Å². The van der Waals surface area contributed by atoms with Crippen molar-refractivity contribution < 1.29 is 9.90 Å². The highest BCUT2D eigenvalue weighted by atomic mass is 16.3. The van der Waals surface area contributed by atoms with E-state index in [0.29, 0.717) is 6.54 Å². The number of carbonyl (C=O) groups excluding carboxylic acids is 1. The molecule has 0 spiro atoms. The summed E-state index contributed by atoms with van der Waals surface area (Å²) in [6, 6.07) is 9.68. The molecule has 0 bridgehead atoms. The third-order valence-corrected chi connectivity index (χ3v) is 3.17. The summed E-state index contributed by atoms with van der Waals surface area (Å²) in [6.07, 6.45) is 0.448. The van der Waals surface area contributed by atoms with Crippen molar-refractivity contribution in [2.75, 3.05) is 32.7 Å². The molecule has 1 N–H and O–H groups in total. The van der Waals surface area contributed by atoms with Gasteiger partial charge in [0.2, 0.25) is 6.41 Å². The molecule has 17 heavy (non-hydrogen) atoms. The van der Waals surface area contributed by atoms with Crippen LogP contribution in [0.25, 0.3) is 0 Å². The molecule has 1 amide bonds. The summed E-state index contributed by atoms with van der Waals surface area (Å²) in [6.45, 7) is 3.82. The van der Waals surface area contributed by atoms with Crippen molar-refractivity contribution in [2.24, 2.45) is 0 Å². The zero-order valence-electron chi connectivity index (χ0n) is 9.83. The summed E-state index contributed by atoms with van der Waals surface area (Å²) < 4.78 is 0. The lowest BCUT2D eigenvalue weighted by Gasteiger charge is -2.33. The molecule has 4 nitrogen and oxygen atoms in total. The first-order chi connectivity index (χ1) is 8.29. The molecular formula is C13H18N2O2. The molecule has 1 aromatic rings. The van der Waals surface area contributed by atoms with Gasteiger partial charge in [-0.3, -0.25) is 9.69 Å². The second kappa shape index (κ2) is 5.80. The second-order valence-corrected chi connectivity index (χ2v) is 4.37. The van der Waals surface area contributed by atoms with E-state index in [1.165, 1.54) is 0 Å². The molecule has 0 aliphatic carbocycles. The Bertz CT molecular complexity index is 348. The van der Waals surface area contributed by atoms with Gasteiger partial charge in [-0.25, -0.2) is 0 Å². The Morgan fingerprint density at radius 2 is 1.82 bits per heavy atom. The van der Waals surface area contributed by atoms with E-state index in [9.17, 15) is 9.90 Å². The standard InChI is InChI=1S/C13H18N2O2/c16-11-15-8-6-14(7-9-15)10-13(17)12-4-2-1-3-5-12/h1-5,11,13,17H,6-10H2. The van der Waals surface area contributed by atoms with Crippen molar-refractivity contribution >= 4 is 6.41 Å². The number of piperazine rings is 1. The van der Waals surface area contributed by atoms with E-state index in [-0.39, 0.29) is 0 Å². The van der Waals surface area contributed by atoms with Crippen LogP contribution in [0, 0.1) is 0 Å². The fourth-order valence-corrected chi connectivity index (χ4v) is 2.08. The monoisotopic (exact) mass is 234 g/mol. The lowest BCUT2D eigenvalue weighted by molar-refractivity contribution is -0.119. The molecule has 1 unspecified atom stereocenters. The van der Waals surface area contributed by atoms with Gasteiger partial charge in [0.15, 0.2) is 0 Å². The number of amides is 1. The minimum Gasteiger partial charge on any atom is -0.387 e. The Morgan fingerprint density at radius 1 is 1.18 bits per heavy atom. The largest absolute Gasteiger partial charge is 0.387 e. The van der Waals surface area contributed by atoms with Crippen molar-refractivity contribution in [3.05, 3.63) is 35.9 Å². The average molecular weight is 234 g/mol. The van der Waals surface area contributed by atoms with E-state index in [1.807, 2.05) is 30.3 Å². The molecule has 1 aliphatic rings. The zero-order chi connectivity index (χ0) is 12.1. The third-order valence-electron chi connectivity index (χ3n) is 3.17. The van der Waals surface area contributed by atoms with Crippen LogP contribution in [0.4, 0.5) is 0 Å². The molecular weight excluding hydrogens is 216 g/mol. The number of aliphatic hydroxyl groups excluding tert-OH is 1. The number of hydrogen-bond donors (Lipinski definition) is 1. The number of aliphatic hydroxyl groups is 1. The normalized spacial score (nSPS) is 19.0. The van der Waals surface area contributed by atoms with Gasteiger partial charge in [-0.2, -0.15) is 0 Å². The van der Waals surface area contributed by atoms with Crippen molar-refractivity contribution in [3.63, 3.8) is 0 Å². The highest BCUT2D eigenvalue weighted by Crippen LogP contribution is 2.14. The van der Waals surface area contributed by atoms with Gasteiger partial charge in [-0.05, 0) is 5.56 Å². The molecule has 1 atom stereocenters. The summed E-state index contributed by atoms with van der Waals surface area (Å²) in [4.78, 5) is 14.5. The van der Waals surface area contributed by atoms with Gasteiger partial charge in [0.1, 0.15) is 0 Å². The Kier molecular flexibility index (Phi) is 4.12. The second-order valence-electron chi connectivity index (χ2n) is 4.37. The van der Waals surface area contributed by atoms with Crippen LogP contribution in [0.3, 0.4) is 0 Å². The highest BCUT2D eigenvalue weighted by molar-refractivity contribution is 5.47. The number of hydrogen-bond acceptors (Lipinski definition) is 3. The molecule has 4 heteroatoms. The lowest BCUT2D eigenvalue weighted by atomic mass is 10.1. The summed E-state index contributed by atoms with van der Waals surface area (Å²) >= 11 is 0. The maximum Gasteiger partial charge on any atom is 0.209 e. The molecule has 0 radical (unpaired) electrons. The molecule has 1 fully saturated rings. The Hall–Kier alpha value is -1.39. The van der Waals surface area contributed by atoms with E-state index in [4.69, 9.17) is 0 Å². The summed E-state index contributed by atoms with van der Waals surface area (Å²) in [7, 11) is 0. The molecule has 1 saturated heterocycles. The SMILES string of the molecule is O=CN1CCN(CC(O)c2ccccc2)CC1. The van der Waals surface area contributed by atoms with Gasteiger partial charge in [0.25, 0.3) is 0 Å². The Labute approximate surface area is 101 Å². The molecule has 1 aliphatic heterocycles. The van der Waals surface area contributed by atoms with E-state index in [1.54, 1.807) is 4.90 Å². The van der Waals surface area contributed by atoms with Gasteiger partial charge < -0.3 is 10.0 Å². The van der Waals surface area contributed by atoms with Crippen molar-refractivity contribution in [3.8, 4) is 0 Å². The van der Waals surface area contributed by atoms with E-state index in [2.05, 4.69) is 4.90 Å². The molecule has 92 valence electrons. The minimum atomic E-state index is -0.445. The van der Waals surface area contributed by atoms with E-state index in [0.717, 1.165) is 38.2 Å². The molecule has 1 aromatic carbocycles. The first kappa shape index (κ1) is 12.1. The van der Waals surface area contributed by atoms with Gasteiger partial charge in [-0.15, -0.1) is 0 Å². The fourth-order valence-electron chi connectivity index (χ4n) is 2.08. The average Bonchev–Trinajstić information content (AvgIpc) is 2.40. The minimum absolute atomic E-state index is 0.445. The summed E-state index contributed by atoms with van der Waals surface area (Å²) in [5, 5.41) is 10.1. The third kappa shape index (κ3) is 3.28. The van der Waals surface area contributed by atoms with Crippen LogP contribution >= 0.6 is 0 Å². The van der Waals surface area contributed by atoms with E-state index >= 15 is 0 Å². The van der Waals surface area contributed by atoms with E-state index < -0.39 is 6.10 Å². The van der Waals surface area contributed by atoms with Crippen molar-refractivity contribution in [1.29, 1.82) is 0 Å². The number of carbonyl (C=O) groups is 1. The van der Waals surface area contributed by atoms with Crippen LogP contribution in [-0.4, -0.2) is 54.0 Å². The zero-order valence-corrected chi connectivity index (χ0v) is 9.83. The fraction of sp³-hybridized carbons (Fsp3) is 0.462. The quantitative estimate of drug-likeness (QED) is 0.771. The van der Waals surface area contributed by atoms with Crippen LogP contribution in [0.5, 0.6) is 0 Å². The Morgan fingerprint density at radius 3 is 2.41 bits per heavy atom. The van der Waals surface area contributed by atoms with Crippen molar-refractivity contribution in [1.82, 2.24) is 9.80 Å².